The Kier molecular flexibility index (Phi) is 4.94. The van der Waals surface area contributed by atoms with Crippen LogP contribution in [0, 0.1) is 0 Å². The Morgan fingerprint density at radius 2 is 2.00 bits per heavy atom. The largest absolute Gasteiger partial charge is 0.488 e. The summed E-state index contributed by atoms with van der Waals surface area (Å²) in [5, 5.41) is 1.04. The molecule has 4 nitrogen and oxygen atoms in total. The lowest BCUT2D eigenvalue weighted by atomic mass is 10.1. The van der Waals surface area contributed by atoms with Crippen LogP contribution in [0.2, 0.25) is 10.0 Å². The molecule has 0 bridgehead atoms. The molecule has 0 heterocycles. The average molecular weight is 326 g/mol. The number of nitrogens with two attached hydrogens (primary N) is 1. The standard InChI is InChI=1S/C15H13Cl2NO3/c1-20-15(19)14-12(18)3-2-4-13(14)21-8-9-5-6-10(16)7-11(9)17/h2-7H,8,18H2,1H3. The van der Waals surface area contributed by atoms with Crippen LogP contribution in [0.4, 0.5) is 5.69 Å². The molecule has 0 aromatic heterocycles. The summed E-state index contributed by atoms with van der Waals surface area (Å²) in [5.74, 6) is -0.210. The number of nitrogen functional groups attached to an aromatic ring is 1. The maximum Gasteiger partial charge on any atom is 0.343 e. The highest BCUT2D eigenvalue weighted by atomic mass is 35.5. The highest BCUT2D eigenvalue weighted by Gasteiger charge is 2.17. The number of methoxy groups -OCH3 is 1. The fourth-order valence-electron chi connectivity index (χ4n) is 1.78. The second kappa shape index (κ2) is 6.70. The lowest BCUT2D eigenvalue weighted by molar-refractivity contribution is 0.0597. The molecular formula is C15H13Cl2NO3. The predicted octanol–water partition coefficient (Wildman–Crippen LogP) is 3.94. The third-order valence-electron chi connectivity index (χ3n) is 2.85. The zero-order valence-electron chi connectivity index (χ0n) is 11.2. The predicted molar refractivity (Wildman–Crippen MR) is 83.0 cm³/mol. The van der Waals surface area contributed by atoms with Crippen molar-refractivity contribution in [1.29, 1.82) is 0 Å². The molecule has 0 radical (unpaired) electrons. The second-order valence-electron chi connectivity index (χ2n) is 4.24. The maximum atomic E-state index is 11.8. The monoisotopic (exact) mass is 325 g/mol. The first-order chi connectivity index (χ1) is 10.0. The Balaban J connectivity index is 2.24. The summed E-state index contributed by atoms with van der Waals surface area (Å²) in [6, 6.07) is 10.0. The van der Waals surface area contributed by atoms with E-state index in [4.69, 9.17) is 38.4 Å². The van der Waals surface area contributed by atoms with Gasteiger partial charge in [-0.25, -0.2) is 4.79 Å². The molecule has 0 aliphatic heterocycles. The molecule has 2 N–H and O–H groups in total. The van der Waals surface area contributed by atoms with Gasteiger partial charge in [-0.3, -0.25) is 0 Å². The van der Waals surface area contributed by atoms with E-state index in [1.807, 2.05) is 0 Å². The molecule has 0 saturated carbocycles. The van der Waals surface area contributed by atoms with Gasteiger partial charge in [0.1, 0.15) is 17.9 Å². The Hall–Kier alpha value is -1.91. The molecule has 0 unspecified atom stereocenters. The van der Waals surface area contributed by atoms with E-state index in [0.29, 0.717) is 21.5 Å². The number of anilines is 1. The summed E-state index contributed by atoms with van der Waals surface area (Å²) < 4.78 is 10.3. The summed E-state index contributed by atoms with van der Waals surface area (Å²) in [6.45, 7) is 0.184. The number of esters is 1. The van der Waals surface area contributed by atoms with Crippen LogP contribution in [-0.4, -0.2) is 13.1 Å². The zero-order chi connectivity index (χ0) is 15.4. The molecule has 110 valence electrons. The van der Waals surface area contributed by atoms with Crippen molar-refractivity contribution in [1.82, 2.24) is 0 Å². The molecule has 2 aromatic carbocycles. The molecule has 0 fully saturated rings. The second-order valence-corrected chi connectivity index (χ2v) is 5.08. The molecule has 0 saturated heterocycles. The van der Waals surface area contributed by atoms with Crippen molar-refractivity contribution in [3.05, 3.63) is 57.6 Å². The Labute approximate surface area is 132 Å². The summed E-state index contributed by atoms with van der Waals surface area (Å²) in [7, 11) is 1.29. The number of rotatable bonds is 4. The van der Waals surface area contributed by atoms with Gasteiger partial charge in [-0.05, 0) is 24.3 Å². The Morgan fingerprint density at radius 3 is 2.67 bits per heavy atom. The van der Waals surface area contributed by atoms with Gasteiger partial charge in [0.05, 0.1) is 7.11 Å². The molecule has 2 rings (SSSR count). The number of hydrogen-bond donors (Lipinski definition) is 1. The zero-order valence-corrected chi connectivity index (χ0v) is 12.7. The number of carbonyl (C=O) groups is 1. The third-order valence-corrected chi connectivity index (χ3v) is 3.43. The first kappa shape index (κ1) is 15.5. The van der Waals surface area contributed by atoms with Crippen LogP contribution in [-0.2, 0) is 11.3 Å². The van der Waals surface area contributed by atoms with Gasteiger partial charge in [0.25, 0.3) is 0 Å². The SMILES string of the molecule is COC(=O)c1c(N)cccc1OCc1ccc(Cl)cc1Cl. The van der Waals surface area contributed by atoms with E-state index in [9.17, 15) is 4.79 Å². The van der Waals surface area contributed by atoms with Crippen LogP contribution in [0.15, 0.2) is 36.4 Å². The lowest BCUT2D eigenvalue weighted by Crippen LogP contribution is -2.09. The third kappa shape index (κ3) is 3.60. The minimum Gasteiger partial charge on any atom is -0.488 e. The molecule has 0 aliphatic carbocycles. The molecule has 0 amide bonds. The maximum absolute atomic E-state index is 11.8. The van der Waals surface area contributed by atoms with E-state index < -0.39 is 5.97 Å². The Morgan fingerprint density at radius 1 is 1.24 bits per heavy atom. The first-order valence-corrected chi connectivity index (χ1v) is 6.82. The van der Waals surface area contributed by atoms with Crippen molar-refractivity contribution in [3.8, 4) is 5.75 Å². The lowest BCUT2D eigenvalue weighted by Gasteiger charge is -2.12. The number of hydrogen-bond acceptors (Lipinski definition) is 4. The minimum atomic E-state index is -0.551. The van der Waals surface area contributed by atoms with Gasteiger partial charge in [-0.2, -0.15) is 0 Å². The molecule has 2 aromatic rings. The van der Waals surface area contributed by atoms with E-state index in [1.165, 1.54) is 7.11 Å². The number of carbonyl (C=O) groups excluding carboxylic acids is 1. The van der Waals surface area contributed by atoms with Crippen molar-refractivity contribution in [2.24, 2.45) is 0 Å². The highest BCUT2D eigenvalue weighted by molar-refractivity contribution is 6.35. The van der Waals surface area contributed by atoms with Gasteiger partial charge in [-0.1, -0.05) is 35.3 Å². The molecule has 6 heteroatoms. The molecular weight excluding hydrogens is 313 g/mol. The van der Waals surface area contributed by atoms with Gasteiger partial charge < -0.3 is 15.2 Å². The van der Waals surface area contributed by atoms with Gasteiger partial charge in [0, 0.05) is 21.3 Å². The van der Waals surface area contributed by atoms with Crippen molar-refractivity contribution in [2.45, 2.75) is 6.61 Å². The Bertz CT molecular complexity index is 674. The average Bonchev–Trinajstić information content (AvgIpc) is 2.45. The van der Waals surface area contributed by atoms with Crippen LogP contribution in [0.5, 0.6) is 5.75 Å². The van der Waals surface area contributed by atoms with E-state index in [-0.39, 0.29) is 12.2 Å². The molecule has 21 heavy (non-hydrogen) atoms. The summed E-state index contributed by atoms with van der Waals surface area (Å²) >= 11 is 11.9. The normalized spacial score (nSPS) is 10.2. The molecule has 0 atom stereocenters. The van der Waals surface area contributed by atoms with Crippen LogP contribution >= 0.6 is 23.2 Å². The van der Waals surface area contributed by atoms with E-state index >= 15 is 0 Å². The van der Waals surface area contributed by atoms with Crippen LogP contribution < -0.4 is 10.5 Å². The fraction of sp³-hybridized carbons (Fsp3) is 0.133. The van der Waals surface area contributed by atoms with Gasteiger partial charge in [-0.15, -0.1) is 0 Å². The van der Waals surface area contributed by atoms with Crippen LogP contribution in [0.1, 0.15) is 15.9 Å². The summed E-state index contributed by atoms with van der Waals surface area (Å²) in [4.78, 5) is 11.8. The highest BCUT2D eigenvalue weighted by Crippen LogP contribution is 2.27. The number of ether oxygens (including phenoxy) is 2. The van der Waals surface area contributed by atoms with E-state index in [0.717, 1.165) is 5.56 Å². The molecule has 0 spiro atoms. The quantitative estimate of drug-likeness (QED) is 0.683. The van der Waals surface area contributed by atoms with Crippen molar-refractivity contribution in [2.75, 3.05) is 12.8 Å². The van der Waals surface area contributed by atoms with Gasteiger partial charge in [0.15, 0.2) is 0 Å². The first-order valence-electron chi connectivity index (χ1n) is 6.06. The van der Waals surface area contributed by atoms with Crippen molar-refractivity contribution >= 4 is 34.9 Å². The number of halogens is 2. The van der Waals surface area contributed by atoms with Crippen LogP contribution in [0.25, 0.3) is 0 Å². The summed E-state index contributed by atoms with van der Waals surface area (Å²) in [6.07, 6.45) is 0. The fourth-order valence-corrected chi connectivity index (χ4v) is 2.25. The smallest absolute Gasteiger partial charge is 0.343 e. The van der Waals surface area contributed by atoms with Crippen molar-refractivity contribution < 1.29 is 14.3 Å². The van der Waals surface area contributed by atoms with Crippen molar-refractivity contribution in [3.63, 3.8) is 0 Å². The van der Waals surface area contributed by atoms with Gasteiger partial charge >= 0.3 is 5.97 Å². The molecule has 0 aliphatic rings. The number of benzene rings is 2. The topological polar surface area (TPSA) is 61.5 Å². The van der Waals surface area contributed by atoms with Crippen LogP contribution in [0.3, 0.4) is 0 Å². The van der Waals surface area contributed by atoms with E-state index in [1.54, 1.807) is 36.4 Å². The minimum absolute atomic E-state index is 0.184. The van der Waals surface area contributed by atoms with E-state index in [2.05, 4.69) is 0 Å². The van der Waals surface area contributed by atoms with Gasteiger partial charge in [0.2, 0.25) is 0 Å². The summed E-state index contributed by atoms with van der Waals surface area (Å²) in [5.41, 5.74) is 7.03.